The lowest BCUT2D eigenvalue weighted by atomic mass is 10.1. The van der Waals surface area contributed by atoms with Crippen molar-refractivity contribution in [1.29, 1.82) is 0 Å². The quantitative estimate of drug-likeness (QED) is 0.731. The Kier molecular flexibility index (Phi) is 7.02. The molecule has 0 radical (unpaired) electrons. The van der Waals surface area contributed by atoms with Crippen LogP contribution in [0.3, 0.4) is 0 Å². The van der Waals surface area contributed by atoms with Crippen molar-refractivity contribution in [3.05, 3.63) is 23.8 Å². The monoisotopic (exact) mass is 294 g/mol. The van der Waals surface area contributed by atoms with E-state index in [-0.39, 0.29) is 0 Å². The summed E-state index contributed by atoms with van der Waals surface area (Å²) in [6.07, 6.45) is -0.0671. The first-order valence-electron chi connectivity index (χ1n) is 7.31. The van der Waals surface area contributed by atoms with Crippen LogP contribution in [-0.2, 0) is 11.3 Å². The summed E-state index contributed by atoms with van der Waals surface area (Å²) in [6, 6.07) is 5.54. The smallest absolute Gasteiger partial charge is 0.258 e. The molecule has 5 heteroatoms. The molecular formula is C16H26N2O3. The lowest BCUT2D eigenvalue weighted by Crippen LogP contribution is -2.33. The highest BCUT2D eigenvalue weighted by atomic mass is 16.5. The third kappa shape index (κ3) is 5.63. The molecule has 21 heavy (non-hydrogen) atoms. The van der Waals surface area contributed by atoms with Crippen molar-refractivity contribution in [2.24, 2.45) is 11.7 Å². The Balaban J connectivity index is 2.87. The number of benzene rings is 1. The molecule has 0 aliphatic rings. The van der Waals surface area contributed by atoms with Gasteiger partial charge in [-0.25, -0.2) is 0 Å². The number of hydrogen-bond acceptors (Lipinski definition) is 4. The number of carbonyl (C=O) groups is 1. The molecule has 0 saturated carbocycles. The topological polar surface area (TPSA) is 73.6 Å². The van der Waals surface area contributed by atoms with E-state index >= 15 is 0 Å². The maximum absolute atomic E-state index is 11.3. The van der Waals surface area contributed by atoms with Crippen LogP contribution in [0.25, 0.3) is 0 Å². The second kappa shape index (κ2) is 8.52. The molecular weight excluding hydrogens is 268 g/mol. The summed E-state index contributed by atoms with van der Waals surface area (Å²) in [4.78, 5) is 11.3. The van der Waals surface area contributed by atoms with Crippen molar-refractivity contribution < 1.29 is 14.3 Å². The number of methoxy groups -OCH3 is 1. The summed E-state index contributed by atoms with van der Waals surface area (Å²) >= 11 is 0. The van der Waals surface area contributed by atoms with Crippen molar-refractivity contribution in [3.63, 3.8) is 0 Å². The first kappa shape index (κ1) is 17.3. The van der Waals surface area contributed by atoms with Gasteiger partial charge in [-0.05, 0) is 37.1 Å². The van der Waals surface area contributed by atoms with Gasteiger partial charge in [0, 0.05) is 12.1 Å². The van der Waals surface area contributed by atoms with Gasteiger partial charge in [-0.15, -0.1) is 0 Å². The number of nitrogens with two attached hydrogens (primary N) is 1. The Morgan fingerprint density at radius 1 is 1.38 bits per heavy atom. The summed E-state index contributed by atoms with van der Waals surface area (Å²) in [5.41, 5.74) is 6.29. The zero-order valence-electron chi connectivity index (χ0n) is 13.3. The number of rotatable bonds is 9. The molecule has 0 heterocycles. The molecule has 0 aliphatic carbocycles. The molecule has 0 bridgehead atoms. The summed E-state index contributed by atoms with van der Waals surface area (Å²) in [6.45, 7) is 7.73. The summed E-state index contributed by atoms with van der Waals surface area (Å²) < 4.78 is 11.0. The highest BCUT2D eigenvalue weighted by molar-refractivity contribution is 5.79. The first-order chi connectivity index (χ1) is 9.97. The Hall–Kier alpha value is -1.75. The minimum Gasteiger partial charge on any atom is -0.497 e. The van der Waals surface area contributed by atoms with E-state index in [1.165, 1.54) is 0 Å². The number of amides is 1. The van der Waals surface area contributed by atoms with Crippen LogP contribution >= 0.6 is 0 Å². The van der Waals surface area contributed by atoms with Crippen LogP contribution in [0, 0.1) is 5.92 Å². The van der Waals surface area contributed by atoms with Crippen LogP contribution in [-0.4, -0.2) is 25.7 Å². The lowest BCUT2D eigenvalue weighted by Gasteiger charge is -2.18. The zero-order valence-corrected chi connectivity index (χ0v) is 13.3. The predicted octanol–water partition coefficient (Wildman–Crippen LogP) is 2.08. The Bertz CT molecular complexity index is 461. The Morgan fingerprint density at radius 3 is 2.62 bits per heavy atom. The summed E-state index contributed by atoms with van der Waals surface area (Å²) in [5.74, 6) is 1.54. The summed E-state index contributed by atoms with van der Waals surface area (Å²) in [7, 11) is 1.62. The van der Waals surface area contributed by atoms with Gasteiger partial charge in [0.15, 0.2) is 6.10 Å². The highest BCUT2D eigenvalue weighted by Gasteiger charge is 2.17. The molecule has 0 aromatic heterocycles. The van der Waals surface area contributed by atoms with Crippen LogP contribution in [0.4, 0.5) is 0 Å². The third-order valence-electron chi connectivity index (χ3n) is 3.09. The number of ether oxygens (including phenoxy) is 2. The van der Waals surface area contributed by atoms with Gasteiger partial charge in [0.2, 0.25) is 0 Å². The van der Waals surface area contributed by atoms with E-state index in [9.17, 15) is 4.79 Å². The van der Waals surface area contributed by atoms with E-state index in [0.717, 1.165) is 17.9 Å². The minimum absolute atomic E-state index is 0.450. The third-order valence-corrected chi connectivity index (χ3v) is 3.09. The average Bonchev–Trinajstić information content (AvgIpc) is 2.44. The molecule has 0 aliphatic heterocycles. The second-order valence-electron chi connectivity index (χ2n) is 5.42. The molecule has 1 rings (SSSR count). The predicted molar refractivity (Wildman–Crippen MR) is 83.4 cm³/mol. The standard InChI is InChI=1S/C16H26N2O3/c1-5-14(16(17)19)21-15-7-6-13(20-4)8-12(15)10-18-9-11(2)3/h6-8,11,14,18H,5,9-10H2,1-4H3,(H2,17,19). The molecule has 1 unspecified atom stereocenters. The molecule has 1 aromatic carbocycles. The molecule has 0 fully saturated rings. The van der Waals surface area contributed by atoms with E-state index in [1.54, 1.807) is 7.11 Å². The van der Waals surface area contributed by atoms with Crippen molar-refractivity contribution >= 4 is 5.91 Å². The molecule has 5 nitrogen and oxygen atoms in total. The van der Waals surface area contributed by atoms with Crippen LogP contribution < -0.4 is 20.5 Å². The largest absolute Gasteiger partial charge is 0.497 e. The van der Waals surface area contributed by atoms with E-state index in [4.69, 9.17) is 15.2 Å². The number of nitrogens with one attached hydrogen (secondary N) is 1. The van der Waals surface area contributed by atoms with E-state index < -0.39 is 12.0 Å². The van der Waals surface area contributed by atoms with Crippen molar-refractivity contribution in [3.8, 4) is 11.5 Å². The maximum Gasteiger partial charge on any atom is 0.258 e. The molecule has 1 amide bonds. The fourth-order valence-corrected chi connectivity index (χ4v) is 1.93. The second-order valence-corrected chi connectivity index (χ2v) is 5.42. The maximum atomic E-state index is 11.3. The van der Waals surface area contributed by atoms with Crippen molar-refractivity contribution in [2.75, 3.05) is 13.7 Å². The SMILES string of the molecule is CCC(Oc1ccc(OC)cc1CNCC(C)C)C(N)=O. The van der Waals surface area contributed by atoms with Crippen LogP contribution in [0.5, 0.6) is 11.5 Å². The normalized spacial score (nSPS) is 12.2. The molecule has 1 atom stereocenters. The van der Waals surface area contributed by atoms with Crippen LogP contribution in [0.15, 0.2) is 18.2 Å². The summed E-state index contributed by atoms with van der Waals surface area (Å²) in [5, 5.41) is 3.36. The van der Waals surface area contributed by atoms with Crippen LogP contribution in [0.1, 0.15) is 32.8 Å². The van der Waals surface area contributed by atoms with E-state index in [1.807, 2.05) is 25.1 Å². The molecule has 0 spiro atoms. The number of hydrogen-bond donors (Lipinski definition) is 2. The van der Waals surface area contributed by atoms with Crippen molar-refractivity contribution in [1.82, 2.24) is 5.32 Å². The number of primary amides is 1. The highest BCUT2D eigenvalue weighted by Crippen LogP contribution is 2.25. The fraction of sp³-hybridized carbons (Fsp3) is 0.562. The zero-order chi connectivity index (χ0) is 15.8. The van der Waals surface area contributed by atoms with E-state index in [0.29, 0.717) is 24.6 Å². The van der Waals surface area contributed by atoms with Gasteiger partial charge in [-0.1, -0.05) is 20.8 Å². The van der Waals surface area contributed by atoms with Gasteiger partial charge in [-0.3, -0.25) is 4.79 Å². The molecule has 1 aromatic rings. The molecule has 3 N–H and O–H groups in total. The van der Waals surface area contributed by atoms with Gasteiger partial charge >= 0.3 is 0 Å². The van der Waals surface area contributed by atoms with Gasteiger partial charge in [-0.2, -0.15) is 0 Å². The van der Waals surface area contributed by atoms with Crippen LogP contribution in [0.2, 0.25) is 0 Å². The molecule has 118 valence electrons. The number of carbonyl (C=O) groups excluding carboxylic acids is 1. The minimum atomic E-state index is -0.609. The average molecular weight is 294 g/mol. The van der Waals surface area contributed by atoms with Gasteiger partial charge in [0.25, 0.3) is 5.91 Å². The van der Waals surface area contributed by atoms with Gasteiger partial charge in [0.05, 0.1) is 7.11 Å². The fourth-order valence-electron chi connectivity index (χ4n) is 1.93. The van der Waals surface area contributed by atoms with Crippen molar-refractivity contribution in [2.45, 2.75) is 39.8 Å². The first-order valence-corrected chi connectivity index (χ1v) is 7.31. The Labute approximate surface area is 126 Å². The molecule has 0 saturated heterocycles. The lowest BCUT2D eigenvalue weighted by molar-refractivity contribution is -0.124. The van der Waals surface area contributed by atoms with Gasteiger partial charge < -0.3 is 20.5 Å². The van der Waals surface area contributed by atoms with E-state index in [2.05, 4.69) is 19.2 Å². The Morgan fingerprint density at radius 2 is 2.10 bits per heavy atom. The van der Waals surface area contributed by atoms with Gasteiger partial charge in [0.1, 0.15) is 11.5 Å².